The zero-order valence-corrected chi connectivity index (χ0v) is 11.6. The van der Waals surface area contributed by atoms with Crippen LogP contribution in [0.2, 0.25) is 0 Å². The summed E-state index contributed by atoms with van der Waals surface area (Å²) in [5.74, 6) is -0.0312. The van der Waals surface area contributed by atoms with E-state index in [9.17, 15) is 4.79 Å². The second kappa shape index (κ2) is 5.96. The average Bonchev–Trinajstić information content (AvgIpc) is 2.34. The summed E-state index contributed by atoms with van der Waals surface area (Å²) in [5.41, 5.74) is 1.30. The number of pyridine rings is 1. The zero-order valence-electron chi connectivity index (χ0n) is 11.6. The molecule has 1 aromatic rings. The molecule has 4 heteroatoms. The van der Waals surface area contributed by atoms with Gasteiger partial charge in [-0.1, -0.05) is 20.8 Å². The third-order valence-corrected chi connectivity index (χ3v) is 2.77. The van der Waals surface area contributed by atoms with Crippen LogP contribution >= 0.6 is 0 Å². The predicted molar refractivity (Wildman–Crippen MR) is 71.2 cm³/mol. The molecule has 0 fully saturated rings. The summed E-state index contributed by atoms with van der Waals surface area (Å²) >= 11 is 0. The van der Waals surface area contributed by atoms with E-state index < -0.39 is 0 Å². The molecule has 0 bridgehead atoms. The molecular weight excluding hydrogens is 228 g/mol. The molecule has 4 nitrogen and oxygen atoms in total. The minimum atomic E-state index is -0.146. The first-order chi connectivity index (χ1) is 8.33. The first-order valence-electron chi connectivity index (χ1n) is 6.15. The SMILES string of the molecule is CN(CCC(C)(C)C)C(=O)c1ccnc(CO)c1. The van der Waals surface area contributed by atoms with Gasteiger partial charge in [0.1, 0.15) is 0 Å². The predicted octanol–water partition coefficient (Wildman–Crippen LogP) is 2.08. The molecular formula is C14H22N2O2. The number of nitrogens with zero attached hydrogens (tertiary/aromatic N) is 2. The molecule has 0 spiro atoms. The van der Waals surface area contributed by atoms with Crippen molar-refractivity contribution < 1.29 is 9.90 Å². The highest BCUT2D eigenvalue weighted by molar-refractivity contribution is 5.94. The second-order valence-electron chi connectivity index (χ2n) is 5.73. The number of hydrogen-bond acceptors (Lipinski definition) is 3. The maximum absolute atomic E-state index is 12.1. The Labute approximate surface area is 109 Å². The summed E-state index contributed by atoms with van der Waals surface area (Å²) in [6.45, 7) is 7.04. The highest BCUT2D eigenvalue weighted by Crippen LogP contribution is 2.19. The molecule has 0 radical (unpaired) electrons. The van der Waals surface area contributed by atoms with Crippen molar-refractivity contribution >= 4 is 5.91 Å². The molecule has 1 N–H and O–H groups in total. The van der Waals surface area contributed by atoms with E-state index in [-0.39, 0.29) is 17.9 Å². The van der Waals surface area contributed by atoms with E-state index in [1.807, 2.05) is 0 Å². The lowest BCUT2D eigenvalue weighted by Crippen LogP contribution is -2.30. The van der Waals surface area contributed by atoms with Crippen molar-refractivity contribution in [1.82, 2.24) is 9.88 Å². The zero-order chi connectivity index (χ0) is 13.8. The number of carbonyl (C=O) groups excluding carboxylic acids is 1. The van der Waals surface area contributed by atoms with Crippen LogP contribution in [0.25, 0.3) is 0 Å². The van der Waals surface area contributed by atoms with Crippen molar-refractivity contribution in [3.8, 4) is 0 Å². The van der Waals surface area contributed by atoms with Gasteiger partial charge in [0.15, 0.2) is 0 Å². The summed E-state index contributed by atoms with van der Waals surface area (Å²) in [6.07, 6.45) is 2.50. The van der Waals surface area contributed by atoms with Crippen molar-refractivity contribution in [2.24, 2.45) is 5.41 Å². The Balaban J connectivity index is 2.68. The van der Waals surface area contributed by atoms with Crippen LogP contribution < -0.4 is 0 Å². The Morgan fingerprint density at radius 1 is 1.44 bits per heavy atom. The number of rotatable bonds is 4. The van der Waals surface area contributed by atoms with Crippen molar-refractivity contribution in [2.75, 3.05) is 13.6 Å². The minimum absolute atomic E-state index is 0.0312. The van der Waals surface area contributed by atoms with Crippen LogP contribution in [0.1, 0.15) is 43.2 Å². The smallest absolute Gasteiger partial charge is 0.253 e. The summed E-state index contributed by atoms with van der Waals surface area (Å²) in [5, 5.41) is 9.01. The van der Waals surface area contributed by atoms with Gasteiger partial charge in [-0.3, -0.25) is 9.78 Å². The van der Waals surface area contributed by atoms with Gasteiger partial charge in [-0.25, -0.2) is 0 Å². The summed E-state index contributed by atoms with van der Waals surface area (Å²) in [6, 6.07) is 3.31. The molecule has 1 heterocycles. The van der Waals surface area contributed by atoms with E-state index in [2.05, 4.69) is 25.8 Å². The molecule has 0 aliphatic heterocycles. The van der Waals surface area contributed by atoms with E-state index in [1.165, 1.54) is 0 Å². The van der Waals surface area contributed by atoms with Crippen LogP contribution in [0, 0.1) is 5.41 Å². The molecule has 0 unspecified atom stereocenters. The van der Waals surface area contributed by atoms with Gasteiger partial charge in [-0.05, 0) is 24.0 Å². The van der Waals surface area contributed by atoms with Crippen molar-refractivity contribution in [3.05, 3.63) is 29.6 Å². The van der Waals surface area contributed by atoms with E-state index in [0.29, 0.717) is 11.3 Å². The fourth-order valence-corrected chi connectivity index (χ4v) is 1.52. The van der Waals surface area contributed by atoms with Crippen molar-refractivity contribution in [3.63, 3.8) is 0 Å². The molecule has 0 saturated carbocycles. The standard InChI is InChI=1S/C14H22N2O2/c1-14(2,3)6-8-16(4)13(18)11-5-7-15-12(9-11)10-17/h5,7,9,17H,6,8,10H2,1-4H3. The van der Waals surface area contributed by atoms with Gasteiger partial charge < -0.3 is 10.0 Å². The Bertz CT molecular complexity index is 411. The summed E-state index contributed by atoms with van der Waals surface area (Å²) in [7, 11) is 1.80. The number of aliphatic hydroxyl groups excluding tert-OH is 1. The van der Waals surface area contributed by atoms with E-state index in [1.54, 1.807) is 30.3 Å². The van der Waals surface area contributed by atoms with Crippen molar-refractivity contribution in [1.29, 1.82) is 0 Å². The Morgan fingerprint density at radius 2 is 2.11 bits per heavy atom. The first-order valence-corrected chi connectivity index (χ1v) is 6.15. The summed E-state index contributed by atoms with van der Waals surface area (Å²) in [4.78, 5) is 17.8. The molecule has 1 amide bonds. The van der Waals surface area contributed by atoms with Gasteiger partial charge in [-0.15, -0.1) is 0 Å². The Kier molecular flexibility index (Phi) is 4.84. The highest BCUT2D eigenvalue weighted by Gasteiger charge is 2.16. The lowest BCUT2D eigenvalue weighted by Gasteiger charge is -2.23. The van der Waals surface area contributed by atoms with Crippen LogP contribution in [-0.4, -0.2) is 34.5 Å². The van der Waals surface area contributed by atoms with Crippen LogP contribution in [0.3, 0.4) is 0 Å². The molecule has 0 aromatic carbocycles. The second-order valence-corrected chi connectivity index (χ2v) is 5.73. The summed E-state index contributed by atoms with van der Waals surface area (Å²) < 4.78 is 0. The van der Waals surface area contributed by atoms with Gasteiger partial charge in [0.25, 0.3) is 5.91 Å². The number of carbonyl (C=O) groups is 1. The molecule has 100 valence electrons. The molecule has 18 heavy (non-hydrogen) atoms. The third kappa shape index (κ3) is 4.45. The molecule has 1 rings (SSSR count). The average molecular weight is 250 g/mol. The van der Waals surface area contributed by atoms with Crippen LogP contribution in [0.15, 0.2) is 18.3 Å². The quantitative estimate of drug-likeness (QED) is 0.890. The van der Waals surface area contributed by atoms with Crippen LogP contribution in [-0.2, 0) is 6.61 Å². The first kappa shape index (κ1) is 14.6. The maximum atomic E-state index is 12.1. The van der Waals surface area contributed by atoms with Gasteiger partial charge in [0.2, 0.25) is 0 Å². The third-order valence-electron chi connectivity index (χ3n) is 2.77. The van der Waals surface area contributed by atoms with E-state index in [4.69, 9.17) is 5.11 Å². The van der Waals surface area contributed by atoms with Gasteiger partial charge >= 0.3 is 0 Å². The topological polar surface area (TPSA) is 53.4 Å². The largest absolute Gasteiger partial charge is 0.390 e. The number of amides is 1. The molecule has 0 atom stereocenters. The molecule has 0 aliphatic rings. The number of aliphatic hydroxyl groups is 1. The molecule has 0 aliphatic carbocycles. The van der Waals surface area contributed by atoms with Crippen LogP contribution in [0.4, 0.5) is 0 Å². The van der Waals surface area contributed by atoms with E-state index >= 15 is 0 Å². The fourth-order valence-electron chi connectivity index (χ4n) is 1.52. The monoisotopic (exact) mass is 250 g/mol. The van der Waals surface area contributed by atoms with Gasteiger partial charge in [0, 0.05) is 25.4 Å². The fraction of sp³-hybridized carbons (Fsp3) is 0.571. The maximum Gasteiger partial charge on any atom is 0.253 e. The van der Waals surface area contributed by atoms with Crippen molar-refractivity contribution in [2.45, 2.75) is 33.8 Å². The van der Waals surface area contributed by atoms with E-state index in [0.717, 1.165) is 13.0 Å². The minimum Gasteiger partial charge on any atom is -0.390 e. The van der Waals surface area contributed by atoms with Gasteiger partial charge in [-0.2, -0.15) is 0 Å². The Morgan fingerprint density at radius 3 is 2.67 bits per heavy atom. The lowest BCUT2D eigenvalue weighted by molar-refractivity contribution is 0.0780. The molecule has 1 aromatic heterocycles. The lowest BCUT2D eigenvalue weighted by atomic mass is 9.92. The molecule has 0 saturated heterocycles. The highest BCUT2D eigenvalue weighted by atomic mass is 16.3. The number of hydrogen-bond donors (Lipinski definition) is 1. The van der Waals surface area contributed by atoms with Gasteiger partial charge in [0.05, 0.1) is 12.3 Å². The number of aromatic nitrogens is 1. The Hall–Kier alpha value is -1.42. The van der Waals surface area contributed by atoms with Crippen LogP contribution in [0.5, 0.6) is 0 Å². The normalized spacial score (nSPS) is 11.4.